The van der Waals surface area contributed by atoms with E-state index >= 15 is 0 Å². The summed E-state index contributed by atoms with van der Waals surface area (Å²) < 4.78 is 39.9. The molecule has 0 spiro atoms. The van der Waals surface area contributed by atoms with E-state index < -0.39 is 17.8 Å². The number of halogens is 3. The highest BCUT2D eigenvalue weighted by atomic mass is 19.4. The van der Waals surface area contributed by atoms with Gasteiger partial charge in [0.2, 0.25) is 0 Å². The van der Waals surface area contributed by atoms with Gasteiger partial charge in [0.25, 0.3) is 0 Å². The Morgan fingerprint density at radius 2 is 1.76 bits per heavy atom. The number of hydrogen-bond donors (Lipinski definition) is 2. The molecule has 49 heavy (non-hydrogen) atoms. The van der Waals surface area contributed by atoms with Crippen LogP contribution in [0.3, 0.4) is 0 Å². The van der Waals surface area contributed by atoms with Crippen molar-refractivity contribution in [2.24, 2.45) is 4.99 Å². The quantitative estimate of drug-likeness (QED) is 0.159. The second-order valence-corrected chi connectivity index (χ2v) is 13.8. The number of nitrogens with one attached hydrogen (secondary N) is 2. The molecule has 0 radical (unpaired) electrons. The van der Waals surface area contributed by atoms with E-state index in [0.717, 1.165) is 35.5 Å². The summed E-state index contributed by atoms with van der Waals surface area (Å²) >= 11 is 0. The topological polar surface area (TPSA) is 80.8 Å². The molecule has 10 heteroatoms. The van der Waals surface area contributed by atoms with Gasteiger partial charge in [-0.3, -0.25) is 9.79 Å². The number of hydrogen-bond acceptors (Lipinski definition) is 4. The first kappa shape index (κ1) is 34.4. The monoisotopic (exact) mass is 671 g/mol. The van der Waals surface area contributed by atoms with Crippen molar-refractivity contribution in [2.45, 2.75) is 75.2 Å². The Bertz CT molecular complexity index is 1810. The lowest BCUT2D eigenvalue weighted by molar-refractivity contribution is -0.137. The van der Waals surface area contributed by atoms with E-state index in [4.69, 9.17) is 4.99 Å². The SMILES string of the molecule is C[C@@H](c1c[nH]c2ccccc12)[C@@H](NC(=O)N1CCC(c2cccc(C(F)(F)F)c2)CC1)C(=O)CC=NC1CC1c1cccc(CN(C)C)c1. The van der Waals surface area contributed by atoms with Crippen LogP contribution in [0.15, 0.2) is 84.0 Å². The third-order valence-electron chi connectivity index (χ3n) is 9.93. The van der Waals surface area contributed by atoms with Crippen molar-refractivity contribution < 1.29 is 22.8 Å². The van der Waals surface area contributed by atoms with Crippen molar-refractivity contribution in [2.75, 3.05) is 27.2 Å². The number of rotatable bonds is 11. The Balaban J connectivity index is 1.11. The minimum atomic E-state index is -4.40. The lowest BCUT2D eigenvalue weighted by atomic mass is 9.88. The zero-order valence-electron chi connectivity index (χ0n) is 28.2. The number of carbonyl (C=O) groups is 2. The molecule has 1 saturated carbocycles. The highest BCUT2D eigenvalue weighted by Crippen LogP contribution is 2.43. The first-order valence-electron chi connectivity index (χ1n) is 17.0. The number of aromatic nitrogens is 1. The molecule has 258 valence electrons. The number of amides is 2. The molecule has 1 aliphatic heterocycles. The summed E-state index contributed by atoms with van der Waals surface area (Å²) in [6, 6.07) is 20.9. The number of ketones is 1. The number of benzene rings is 3. The van der Waals surface area contributed by atoms with Crippen molar-refractivity contribution >= 4 is 28.9 Å². The Kier molecular flexibility index (Phi) is 10.2. The Labute approximate surface area is 285 Å². The summed E-state index contributed by atoms with van der Waals surface area (Å²) in [7, 11) is 4.10. The number of nitrogens with zero attached hydrogens (tertiary/aromatic N) is 3. The van der Waals surface area contributed by atoms with Crippen molar-refractivity contribution in [3.8, 4) is 0 Å². The fraction of sp³-hybridized carbons (Fsp3) is 0.410. The molecule has 2 heterocycles. The number of para-hydroxylation sites is 1. The molecule has 2 N–H and O–H groups in total. The van der Waals surface area contributed by atoms with Crippen LogP contribution in [0.5, 0.6) is 0 Å². The van der Waals surface area contributed by atoms with Gasteiger partial charge in [0, 0.05) is 61.2 Å². The molecular formula is C39H44F3N5O2. The highest BCUT2D eigenvalue weighted by molar-refractivity contribution is 5.98. The summed E-state index contributed by atoms with van der Waals surface area (Å²) in [6.45, 7) is 3.59. The number of piperidine rings is 1. The van der Waals surface area contributed by atoms with Gasteiger partial charge in [-0.2, -0.15) is 13.2 Å². The minimum absolute atomic E-state index is 0.0770. The summed E-state index contributed by atoms with van der Waals surface area (Å²) in [5, 5.41) is 4.04. The molecule has 3 aromatic carbocycles. The molecular weight excluding hydrogens is 627 g/mol. The molecule has 2 unspecified atom stereocenters. The van der Waals surface area contributed by atoms with Crippen LogP contribution in [-0.2, 0) is 17.5 Å². The van der Waals surface area contributed by atoms with Crippen molar-refractivity contribution in [1.29, 1.82) is 0 Å². The van der Waals surface area contributed by atoms with Crippen LogP contribution in [-0.4, -0.2) is 72.1 Å². The molecule has 1 saturated heterocycles. The van der Waals surface area contributed by atoms with Crippen molar-refractivity contribution in [3.05, 3.63) is 107 Å². The standard InChI is InChI=1S/C39H44F3N5O2/c1-25(33-23-44-34-13-5-4-12-31(33)34)37(36(48)14-17-43-35-22-32(35)29-10-6-8-26(20-29)24-46(2)3)45-38(49)47-18-15-27(16-19-47)28-9-7-11-30(21-28)39(40,41)42/h4-13,17,20-21,23,25,27,32,35,37,44H,14-16,18-19,22,24H2,1-3H3,(H,45,49)/t25-,32?,35?,37+/m0/s1. The predicted octanol–water partition coefficient (Wildman–Crippen LogP) is 7.90. The maximum absolute atomic E-state index is 13.9. The molecule has 2 aliphatic rings. The molecule has 1 aromatic heterocycles. The lowest BCUT2D eigenvalue weighted by Gasteiger charge is -2.34. The number of alkyl halides is 3. The highest BCUT2D eigenvalue weighted by Gasteiger charge is 2.38. The molecule has 2 amide bonds. The zero-order valence-corrected chi connectivity index (χ0v) is 28.2. The summed E-state index contributed by atoms with van der Waals surface area (Å²) in [6.07, 6.45) is 1.32. The number of carbonyl (C=O) groups excluding carboxylic acids is 2. The third kappa shape index (κ3) is 8.24. The Morgan fingerprint density at radius 1 is 1.02 bits per heavy atom. The van der Waals surface area contributed by atoms with E-state index in [2.05, 4.69) is 53.6 Å². The zero-order chi connectivity index (χ0) is 34.7. The van der Waals surface area contributed by atoms with Crippen LogP contribution < -0.4 is 5.32 Å². The smallest absolute Gasteiger partial charge is 0.361 e. The second kappa shape index (κ2) is 14.6. The van der Waals surface area contributed by atoms with Crippen LogP contribution in [0.4, 0.5) is 18.0 Å². The number of likely N-dealkylation sites (tertiary alicyclic amines) is 1. The number of Topliss-reactive ketones (excluding diaryl/α,β-unsaturated/α-hetero) is 1. The van der Waals surface area contributed by atoms with E-state index in [0.29, 0.717) is 37.4 Å². The van der Waals surface area contributed by atoms with Gasteiger partial charge in [0.1, 0.15) is 0 Å². The predicted molar refractivity (Wildman–Crippen MR) is 187 cm³/mol. The second-order valence-electron chi connectivity index (χ2n) is 13.8. The van der Waals surface area contributed by atoms with Gasteiger partial charge < -0.3 is 20.1 Å². The minimum Gasteiger partial charge on any atom is -0.361 e. The number of aromatic amines is 1. The van der Waals surface area contributed by atoms with Gasteiger partial charge in [-0.15, -0.1) is 0 Å². The van der Waals surface area contributed by atoms with Crippen LogP contribution in [0.2, 0.25) is 0 Å². The molecule has 7 nitrogen and oxygen atoms in total. The van der Waals surface area contributed by atoms with E-state index in [1.54, 1.807) is 17.2 Å². The molecule has 4 aromatic rings. The summed E-state index contributed by atoms with van der Waals surface area (Å²) in [4.78, 5) is 39.3. The van der Waals surface area contributed by atoms with Crippen molar-refractivity contribution in [3.63, 3.8) is 0 Å². The maximum atomic E-state index is 13.9. The maximum Gasteiger partial charge on any atom is 0.416 e. The van der Waals surface area contributed by atoms with Crippen LogP contribution >= 0.6 is 0 Å². The third-order valence-corrected chi connectivity index (χ3v) is 9.93. The number of fused-ring (bicyclic) bond motifs is 1. The summed E-state index contributed by atoms with van der Waals surface area (Å²) in [5.74, 6) is -0.185. The molecule has 0 bridgehead atoms. The van der Waals surface area contributed by atoms with Gasteiger partial charge in [0.05, 0.1) is 17.6 Å². The fourth-order valence-electron chi connectivity index (χ4n) is 7.14. The van der Waals surface area contributed by atoms with Crippen LogP contribution in [0.1, 0.15) is 78.2 Å². The van der Waals surface area contributed by atoms with Gasteiger partial charge in [-0.25, -0.2) is 4.79 Å². The van der Waals surface area contributed by atoms with Gasteiger partial charge >= 0.3 is 12.2 Å². The average molecular weight is 672 g/mol. The Hall–Kier alpha value is -4.44. The van der Waals surface area contributed by atoms with E-state index in [1.165, 1.54) is 23.3 Å². The molecule has 2 fully saturated rings. The van der Waals surface area contributed by atoms with E-state index in [9.17, 15) is 22.8 Å². The first-order chi connectivity index (χ1) is 23.5. The van der Waals surface area contributed by atoms with E-state index in [-0.39, 0.29) is 36.1 Å². The van der Waals surface area contributed by atoms with Gasteiger partial charge in [0.15, 0.2) is 5.78 Å². The lowest BCUT2D eigenvalue weighted by Crippen LogP contribution is -2.51. The fourth-order valence-corrected chi connectivity index (χ4v) is 7.14. The molecule has 6 rings (SSSR count). The van der Waals surface area contributed by atoms with Gasteiger partial charge in [-0.05, 0) is 73.7 Å². The number of urea groups is 1. The van der Waals surface area contributed by atoms with Gasteiger partial charge in [-0.1, -0.05) is 67.6 Å². The Morgan fingerprint density at radius 3 is 2.51 bits per heavy atom. The van der Waals surface area contributed by atoms with Crippen molar-refractivity contribution in [1.82, 2.24) is 20.1 Å². The largest absolute Gasteiger partial charge is 0.416 e. The van der Waals surface area contributed by atoms with E-state index in [1.807, 2.05) is 37.4 Å². The number of H-pyrrole nitrogens is 1. The average Bonchev–Trinajstić information content (AvgIpc) is 3.73. The molecule has 1 aliphatic carbocycles. The number of aliphatic imine (C=N–C) groups is 1. The van der Waals surface area contributed by atoms with Crippen LogP contribution in [0, 0.1) is 0 Å². The first-order valence-corrected chi connectivity index (χ1v) is 17.0. The summed E-state index contributed by atoms with van der Waals surface area (Å²) in [5.41, 5.74) is 4.39. The normalized spacial score (nSPS) is 19.8. The molecule has 4 atom stereocenters. The van der Waals surface area contributed by atoms with Crippen LogP contribution in [0.25, 0.3) is 10.9 Å².